The van der Waals surface area contributed by atoms with Crippen LogP contribution in [0, 0.1) is 0 Å². The number of nitrogen functional groups attached to an aromatic ring is 1. The summed E-state index contributed by atoms with van der Waals surface area (Å²) in [6.45, 7) is 0. The summed E-state index contributed by atoms with van der Waals surface area (Å²) in [7, 11) is 0. The summed E-state index contributed by atoms with van der Waals surface area (Å²) in [5.74, 6) is 0. The second-order valence-corrected chi connectivity index (χ2v) is 14.6. The Hall–Kier alpha value is -7.62. The topological polar surface area (TPSA) is 52.3 Å². The lowest BCUT2D eigenvalue weighted by molar-refractivity contribution is 0.669. The SMILES string of the molecule is Nc1ccc(-c2ccc(-c3ccccc3)cc2)c(-c2ccc(-c3cccc4c3oc3ccccc34)cc2)c1-c1ccc(-c2cccc3c2oc2ccccc23)cc1. The minimum Gasteiger partial charge on any atom is -0.455 e. The van der Waals surface area contributed by atoms with Crippen LogP contribution in [0.25, 0.3) is 111 Å². The van der Waals surface area contributed by atoms with E-state index in [1.807, 2.05) is 36.4 Å². The molecule has 0 atom stereocenters. The Kier molecular flexibility index (Phi) is 7.65. The molecule has 3 nitrogen and oxygen atoms in total. The smallest absolute Gasteiger partial charge is 0.143 e. The average molecular weight is 730 g/mol. The number of anilines is 1. The van der Waals surface area contributed by atoms with Crippen molar-refractivity contribution in [3.63, 3.8) is 0 Å². The first kappa shape index (κ1) is 32.8. The van der Waals surface area contributed by atoms with Crippen LogP contribution < -0.4 is 5.73 Å². The molecule has 0 amide bonds. The maximum atomic E-state index is 7.00. The van der Waals surface area contributed by atoms with Crippen molar-refractivity contribution in [2.45, 2.75) is 0 Å². The van der Waals surface area contributed by atoms with Gasteiger partial charge in [0.1, 0.15) is 22.3 Å². The molecule has 57 heavy (non-hydrogen) atoms. The standard InChI is InChI=1S/C54H35NO2/c55-48-33-32-41(36-22-20-35(21-23-36)34-10-2-1-3-11-34)51(39-28-24-37(25-29-39)42-14-8-16-46-44-12-4-6-18-49(44)56-53(42)46)52(48)40-30-26-38(27-31-40)43-15-9-17-47-45-13-5-7-19-50(45)57-54(43)47/h1-33H,55H2. The van der Waals surface area contributed by atoms with Crippen molar-refractivity contribution in [1.82, 2.24) is 0 Å². The summed E-state index contributed by atoms with van der Waals surface area (Å²) in [6, 6.07) is 70.3. The average Bonchev–Trinajstić information content (AvgIpc) is 3.86. The van der Waals surface area contributed by atoms with Crippen molar-refractivity contribution >= 4 is 49.6 Å². The molecule has 0 aliphatic carbocycles. The lowest BCUT2D eigenvalue weighted by atomic mass is 9.85. The number of hydrogen-bond donors (Lipinski definition) is 1. The molecule has 3 heteroatoms. The van der Waals surface area contributed by atoms with Crippen LogP contribution in [0.1, 0.15) is 0 Å². The molecule has 0 fully saturated rings. The van der Waals surface area contributed by atoms with Crippen molar-refractivity contribution in [3.8, 4) is 66.8 Å². The summed E-state index contributed by atoms with van der Waals surface area (Å²) in [4.78, 5) is 0. The number of furan rings is 2. The molecule has 11 rings (SSSR count). The molecule has 268 valence electrons. The van der Waals surface area contributed by atoms with Gasteiger partial charge in [0.15, 0.2) is 0 Å². The molecule has 2 heterocycles. The maximum Gasteiger partial charge on any atom is 0.143 e. The summed E-state index contributed by atoms with van der Waals surface area (Å²) in [5, 5.41) is 4.48. The largest absolute Gasteiger partial charge is 0.455 e. The molecule has 0 saturated heterocycles. The first-order chi connectivity index (χ1) is 28.2. The number of fused-ring (bicyclic) bond motifs is 6. The van der Waals surface area contributed by atoms with Crippen LogP contribution in [-0.4, -0.2) is 0 Å². The van der Waals surface area contributed by atoms with Gasteiger partial charge in [-0.05, 0) is 68.3 Å². The van der Waals surface area contributed by atoms with E-state index in [1.165, 1.54) is 11.1 Å². The lowest BCUT2D eigenvalue weighted by Crippen LogP contribution is -1.97. The summed E-state index contributed by atoms with van der Waals surface area (Å²) >= 11 is 0. The van der Waals surface area contributed by atoms with Crippen LogP contribution >= 0.6 is 0 Å². The molecule has 11 aromatic rings. The Morgan fingerprint density at radius 1 is 0.263 bits per heavy atom. The van der Waals surface area contributed by atoms with Gasteiger partial charge in [-0.15, -0.1) is 0 Å². The highest BCUT2D eigenvalue weighted by Gasteiger charge is 2.20. The molecule has 0 bridgehead atoms. The Bertz CT molecular complexity index is 3260. The number of hydrogen-bond acceptors (Lipinski definition) is 3. The summed E-state index contributed by atoms with van der Waals surface area (Å²) in [6.07, 6.45) is 0. The Balaban J connectivity index is 1.05. The van der Waals surface area contributed by atoms with Crippen molar-refractivity contribution in [1.29, 1.82) is 0 Å². The van der Waals surface area contributed by atoms with E-state index >= 15 is 0 Å². The molecule has 0 spiro atoms. The van der Waals surface area contributed by atoms with Crippen molar-refractivity contribution in [2.24, 2.45) is 0 Å². The minimum atomic E-state index is 0.720. The zero-order chi connectivity index (χ0) is 37.9. The Morgan fingerprint density at radius 2 is 0.667 bits per heavy atom. The van der Waals surface area contributed by atoms with Crippen LogP contribution in [0.3, 0.4) is 0 Å². The second-order valence-electron chi connectivity index (χ2n) is 14.6. The third-order valence-electron chi connectivity index (χ3n) is 11.3. The van der Waals surface area contributed by atoms with Crippen molar-refractivity contribution in [3.05, 3.63) is 200 Å². The van der Waals surface area contributed by atoms with Crippen molar-refractivity contribution < 1.29 is 8.83 Å². The number of benzene rings is 9. The maximum absolute atomic E-state index is 7.00. The predicted molar refractivity (Wildman–Crippen MR) is 238 cm³/mol. The Morgan fingerprint density at radius 3 is 1.21 bits per heavy atom. The molecule has 9 aromatic carbocycles. The van der Waals surface area contributed by atoms with Gasteiger partial charge in [-0.1, -0.05) is 182 Å². The quantitative estimate of drug-likeness (QED) is 0.173. The van der Waals surface area contributed by atoms with E-state index in [-0.39, 0.29) is 0 Å². The van der Waals surface area contributed by atoms with Crippen LogP contribution in [0.4, 0.5) is 5.69 Å². The monoisotopic (exact) mass is 729 g/mol. The molecule has 2 N–H and O–H groups in total. The van der Waals surface area contributed by atoms with E-state index < -0.39 is 0 Å². The minimum absolute atomic E-state index is 0.720. The third-order valence-corrected chi connectivity index (χ3v) is 11.3. The van der Waals surface area contributed by atoms with E-state index in [4.69, 9.17) is 14.6 Å². The molecular formula is C54H35NO2. The first-order valence-electron chi connectivity index (χ1n) is 19.3. The summed E-state index contributed by atoms with van der Waals surface area (Å²) in [5.41, 5.74) is 24.4. The zero-order valence-corrected chi connectivity index (χ0v) is 30.9. The molecule has 2 aromatic heterocycles. The van der Waals surface area contributed by atoms with E-state index in [0.29, 0.717) is 0 Å². The molecule has 0 aliphatic rings. The molecule has 0 aliphatic heterocycles. The Labute approximate surface area is 329 Å². The fourth-order valence-electron chi connectivity index (χ4n) is 8.52. The molecule has 0 unspecified atom stereocenters. The van der Waals surface area contributed by atoms with Gasteiger partial charge in [-0.3, -0.25) is 0 Å². The molecule has 0 saturated carbocycles. The highest BCUT2D eigenvalue weighted by molar-refractivity contribution is 6.11. The van der Waals surface area contributed by atoms with Crippen LogP contribution in [0.15, 0.2) is 209 Å². The van der Waals surface area contributed by atoms with E-state index in [2.05, 4.69) is 164 Å². The van der Waals surface area contributed by atoms with Gasteiger partial charge in [0, 0.05) is 43.9 Å². The van der Waals surface area contributed by atoms with Gasteiger partial charge in [0.2, 0.25) is 0 Å². The highest BCUT2D eigenvalue weighted by Crippen LogP contribution is 2.46. The zero-order valence-electron chi connectivity index (χ0n) is 30.9. The molecular weight excluding hydrogens is 695 g/mol. The lowest BCUT2D eigenvalue weighted by Gasteiger charge is -2.19. The highest BCUT2D eigenvalue weighted by atomic mass is 16.3. The fourth-order valence-corrected chi connectivity index (χ4v) is 8.52. The van der Waals surface area contributed by atoms with Gasteiger partial charge in [0.05, 0.1) is 0 Å². The van der Waals surface area contributed by atoms with Gasteiger partial charge >= 0.3 is 0 Å². The number of nitrogens with two attached hydrogens (primary N) is 1. The van der Waals surface area contributed by atoms with Crippen LogP contribution in [0.5, 0.6) is 0 Å². The van der Waals surface area contributed by atoms with Crippen LogP contribution in [0.2, 0.25) is 0 Å². The van der Waals surface area contributed by atoms with Gasteiger partial charge < -0.3 is 14.6 Å². The van der Waals surface area contributed by atoms with Crippen molar-refractivity contribution in [2.75, 3.05) is 5.73 Å². The number of para-hydroxylation sites is 4. The van der Waals surface area contributed by atoms with E-state index in [1.54, 1.807) is 0 Å². The predicted octanol–water partition coefficient (Wildman–Crippen LogP) is 15.1. The fraction of sp³-hybridized carbons (Fsp3) is 0. The number of rotatable bonds is 6. The molecule has 0 radical (unpaired) electrons. The van der Waals surface area contributed by atoms with E-state index in [9.17, 15) is 0 Å². The van der Waals surface area contributed by atoms with Gasteiger partial charge in [-0.2, -0.15) is 0 Å². The third kappa shape index (κ3) is 5.51. The van der Waals surface area contributed by atoms with Gasteiger partial charge in [-0.25, -0.2) is 0 Å². The first-order valence-corrected chi connectivity index (χ1v) is 19.3. The van der Waals surface area contributed by atoms with Gasteiger partial charge in [0.25, 0.3) is 0 Å². The van der Waals surface area contributed by atoms with E-state index in [0.717, 1.165) is 105 Å². The normalized spacial score (nSPS) is 11.6. The second kappa shape index (κ2) is 13.3. The summed E-state index contributed by atoms with van der Waals surface area (Å²) < 4.78 is 12.8. The van der Waals surface area contributed by atoms with Crippen LogP contribution in [-0.2, 0) is 0 Å².